The summed E-state index contributed by atoms with van der Waals surface area (Å²) >= 11 is 0. The molecule has 2 fully saturated rings. The van der Waals surface area contributed by atoms with Gasteiger partial charge < -0.3 is 15.2 Å². The minimum atomic E-state index is -0.524. The summed E-state index contributed by atoms with van der Waals surface area (Å²) in [7, 11) is 0. The van der Waals surface area contributed by atoms with Crippen LogP contribution in [0.3, 0.4) is 0 Å². The maximum atomic E-state index is 10.5. The van der Waals surface area contributed by atoms with Crippen LogP contribution in [0.15, 0.2) is 0 Å². The maximum Gasteiger partial charge on any atom is 0.0815 e. The summed E-state index contributed by atoms with van der Waals surface area (Å²) in [5.41, 5.74) is -0.524. The van der Waals surface area contributed by atoms with Gasteiger partial charge >= 0.3 is 0 Å². The Morgan fingerprint density at radius 2 is 2.00 bits per heavy atom. The van der Waals surface area contributed by atoms with Gasteiger partial charge in [-0.25, -0.2) is 0 Å². The second-order valence-corrected chi connectivity index (χ2v) is 6.99. The fraction of sp³-hybridized carbons (Fsp3) is 1.00. The molecule has 1 saturated carbocycles. The van der Waals surface area contributed by atoms with Gasteiger partial charge in [-0.2, -0.15) is 0 Å². The van der Waals surface area contributed by atoms with Gasteiger partial charge in [0.2, 0.25) is 0 Å². The molecule has 0 aromatic heterocycles. The third-order valence-corrected chi connectivity index (χ3v) is 4.89. The zero-order valence-electron chi connectivity index (χ0n) is 12.7. The molecule has 1 heterocycles. The van der Waals surface area contributed by atoms with E-state index in [1.54, 1.807) is 0 Å². The van der Waals surface area contributed by atoms with Gasteiger partial charge in [0.15, 0.2) is 0 Å². The first kappa shape index (κ1) is 15.3. The molecule has 3 heteroatoms. The number of rotatable bonds is 6. The van der Waals surface area contributed by atoms with Gasteiger partial charge in [-0.3, -0.25) is 0 Å². The van der Waals surface area contributed by atoms with Gasteiger partial charge in [0.1, 0.15) is 0 Å². The first-order chi connectivity index (χ1) is 9.09. The molecule has 0 aromatic carbocycles. The van der Waals surface area contributed by atoms with E-state index in [1.807, 2.05) is 0 Å². The Hall–Kier alpha value is -0.120. The van der Waals surface area contributed by atoms with Crippen molar-refractivity contribution in [2.24, 2.45) is 11.8 Å². The Morgan fingerprint density at radius 3 is 2.68 bits per heavy atom. The van der Waals surface area contributed by atoms with Crippen molar-refractivity contribution in [2.75, 3.05) is 19.8 Å². The lowest BCUT2D eigenvalue weighted by molar-refractivity contribution is -0.0632. The van der Waals surface area contributed by atoms with Crippen LogP contribution >= 0.6 is 0 Å². The highest BCUT2D eigenvalue weighted by Gasteiger charge is 2.33. The zero-order chi connectivity index (χ0) is 13.7. The number of aliphatic hydroxyl groups is 1. The summed E-state index contributed by atoms with van der Waals surface area (Å²) in [5.74, 6) is 1.63. The predicted molar refractivity (Wildman–Crippen MR) is 78.2 cm³/mol. The van der Waals surface area contributed by atoms with Crippen molar-refractivity contribution < 1.29 is 9.84 Å². The fourth-order valence-electron chi connectivity index (χ4n) is 3.45. The van der Waals surface area contributed by atoms with Crippen LogP contribution in [0.5, 0.6) is 0 Å². The third-order valence-electron chi connectivity index (χ3n) is 4.89. The molecule has 3 nitrogen and oxygen atoms in total. The molecular weight excluding hydrogens is 238 g/mol. The highest BCUT2D eigenvalue weighted by atomic mass is 16.5. The van der Waals surface area contributed by atoms with Gasteiger partial charge in [-0.05, 0) is 31.1 Å². The monoisotopic (exact) mass is 269 g/mol. The molecule has 0 bridgehead atoms. The van der Waals surface area contributed by atoms with Crippen LogP contribution in [0.1, 0.15) is 58.8 Å². The van der Waals surface area contributed by atoms with Crippen LogP contribution in [0.2, 0.25) is 0 Å². The largest absolute Gasteiger partial charge is 0.388 e. The van der Waals surface area contributed by atoms with Crippen LogP contribution in [0.4, 0.5) is 0 Å². The summed E-state index contributed by atoms with van der Waals surface area (Å²) in [5, 5.41) is 14.2. The average molecular weight is 269 g/mol. The van der Waals surface area contributed by atoms with Gasteiger partial charge in [0.25, 0.3) is 0 Å². The number of hydrogen-bond donors (Lipinski definition) is 2. The number of ether oxygens (including phenoxy) is 1. The lowest BCUT2D eigenvalue weighted by Crippen LogP contribution is -2.48. The van der Waals surface area contributed by atoms with Gasteiger partial charge in [-0.1, -0.05) is 26.7 Å². The molecule has 0 aromatic rings. The molecule has 2 aliphatic rings. The van der Waals surface area contributed by atoms with E-state index in [2.05, 4.69) is 19.2 Å². The maximum absolute atomic E-state index is 10.5. The Bertz CT molecular complexity index is 261. The van der Waals surface area contributed by atoms with Crippen molar-refractivity contribution in [3.8, 4) is 0 Å². The summed E-state index contributed by atoms with van der Waals surface area (Å²) < 4.78 is 5.33. The van der Waals surface area contributed by atoms with E-state index in [0.29, 0.717) is 19.3 Å². The van der Waals surface area contributed by atoms with E-state index in [0.717, 1.165) is 31.2 Å². The van der Waals surface area contributed by atoms with Crippen molar-refractivity contribution in [1.29, 1.82) is 0 Å². The van der Waals surface area contributed by atoms with Crippen LogP contribution in [-0.2, 0) is 4.74 Å². The smallest absolute Gasteiger partial charge is 0.0815 e. The number of hydrogen-bond acceptors (Lipinski definition) is 3. The van der Waals surface area contributed by atoms with Crippen LogP contribution in [0, 0.1) is 11.8 Å². The molecule has 2 unspecified atom stereocenters. The predicted octanol–water partition coefficient (Wildman–Crippen LogP) is 2.72. The Balaban J connectivity index is 1.74. The van der Waals surface area contributed by atoms with Gasteiger partial charge in [-0.15, -0.1) is 0 Å². The second-order valence-electron chi connectivity index (χ2n) is 6.99. The van der Waals surface area contributed by atoms with Crippen LogP contribution in [-0.4, -0.2) is 36.5 Å². The van der Waals surface area contributed by atoms with Crippen LogP contribution in [0.25, 0.3) is 0 Å². The number of nitrogens with one attached hydrogen (secondary N) is 1. The molecule has 2 atom stereocenters. The average Bonchev–Trinajstić information content (AvgIpc) is 2.82. The highest BCUT2D eigenvalue weighted by molar-refractivity contribution is 4.89. The molecular formula is C16H31NO2. The molecule has 19 heavy (non-hydrogen) atoms. The van der Waals surface area contributed by atoms with E-state index in [1.165, 1.54) is 32.1 Å². The quantitative estimate of drug-likeness (QED) is 0.779. The Kier molecular flexibility index (Phi) is 5.67. The molecule has 2 N–H and O–H groups in total. The van der Waals surface area contributed by atoms with E-state index in [-0.39, 0.29) is 0 Å². The molecule has 1 saturated heterocycles. The summed E-state index contributed by atoms with van der Waals surface area (Å²) in [4.78, 5) is 0. The normalized spacial score (nSPS) is 30.9. The lowest BCUT2D eigenvalue weighted by Gasteiger charge is -2.34. The Labute approximate surface area is 118 Å². The van der Waals surface area contributed by atoms with Crippen molar-refractivity contribution in [3.05, 3.63) is 0 Å². The van der Waals surface area contributed by atoms with E-state index >= 15 is 0 Å². The van der Waals surface area contributed by atoms with Gasteiger partial charge in [0.05, 0.1) is 5.60 Å². The fourth-order valence-corrected chi connectivity index (χ4v) is 3.45. The second kappa shape index (κ2) is 7.05. The Morgan fingerprint density at radius 1 is 1.26 bits per heavy atom. The first-order valence-corrected chi connectivity index (χ1v) is 8.12. The van der Waals surface area contributed by atoms with Gasteiger partial charge in [0, 0.05) is 38.6 Å². The van der Waals surface area contributed by atoms with E-state index < -0.39 is 5.60 Å². The SMILES string of the molecule is CC(C)CCC1CCCC1NCC1(O)CCOCC1. The third kappa shape index (κ3) is 4.73. The minimum Gasteiger partial charge on any atom is -0.388 e. The van der Waals surface area contributed by atoms with Crippen molar-refractivity contribution in [2.45, 2.75) is 70.4 Å². The standard InChI is InChI=1S/C16H31NO2/c1-13(2)6-7-14-4-3-5-15(14)17-12-16(18)8-10-19-11-9-16/h13-15,17-18H,3-12H2,1-2H3. The molecule has 0 spiro atoms. The van der Waals surface area contributed by atoms with E-state index in [9.17, 15) is 5.11 Å². The molecule has 1 aliphatic carbocycles. The van der Waals surface area contributed by atoms with Crippen molar-refractivity contribution in [3.63, 3.8) is 0 Å². The molecule has 0 radical (unpaired) electrons. The van der Waals surface area contributed by atoms with Crippen LogP contribution < -0.4 is 5.32 Å². The minimum absolute atomic E-state index is 0.524. The van der Waals surface area contributed by atoms with Crippen molar-refractivity contribution in [1.82, 2.24) is 5.32 Å². The first-order valence-electron chi connectivity index (χ1n) is 8.12. The highest BCUT2D eigenvalue weighted by Crippen LogP contribution is 2.31. The molecule has 2 rings (SSSR count). The topological polar surface area (TPSA) is 41.5 Å². The van der Waals surface area contributed by atoms with E-state index in [4.69, 9.17) is 4.74 Å². The molecule has 112 valence electrons. The van der Waals surface area contributed by atoms with Crippen molar-refractivity contribution >= 4 is 0 Å². The zero-order valence-corrected chi connectivity index (χ0v) is 12.7. The summed E-state index contributed by atoms with van der Waals surface area (Å²) in [6, 6.07) is 0.630. The lowest BCUT2D eigenvalue weighted by atomic mass is 9.91. The summed E-state index contributed by atoms with van der Waals surface area (Å²) in [6.07, 6.45) is 8.24. The molecule has 1 aliphatic heterocycles. The summed E-state index contributed by atoms with van der Waals surface area (Å²) in [6.45, 7) is 6.78. The molecule has 0 amide bonds.